The summed E-state index contributed by atoms with van der Waals surface area (Å²) in [6.07, 6.45) is 0. The fourth-order valence-corrected chi connectivity index (χ4v) is 4.19. The summed E-state index contributed by atoms with van der Waals surface area (Å²) in [5.41, 5.74) is 3.69. The third-order valence-electron chi connectivity index (χ3n) is 5.06. The van der Waals surface area contributed by atoms with Crippen LogP contribution in [0.1, 0.15) is 22.6 Å². The second kappa shape index (κ2) is 8.53. The molecule has 0 bridgehead atoms. The van der Waals surface area contributed by atoms with Gasteiger partial charge in [-0.1, -0.05) is 41.6 Å². The van der Waals surface area contributed by atoms with Gasteiger partial charge in [-0.25, -0.2) is 0 Å². The molecule has 4 rings (SSSR count). The minimum Gasteiger partial charge on any atom is -0.485 e. The quantitative estimate of drug-likeness (QED) is 0.436. The van der Waals surface area contributed by atoms with Gasteiger partial charge in [-0.05, 0) is 43.2 Å². The van der Waals surface area contributed by atoms with Crippen LogP contribution in [0.2, 0.25) is 5.02 Å². The van der Waals surface area contributed by atoms with Gasteiger partial charge >= 0.3 is 0 Å². The number of aromatic amines is 1. The number of H-pyrrole nitrogens is 1. The first kappa shape index (κ1) is 20.5. The Labute approximate surface area is 183 Å². The Morgan fingerprint density at radius 1 is 1.17 bits per heavy atom. The average Bonchev–Trinajstić information content (AvgIpc) is 3.08. The highest BCUT2D eigenvalue weighted by Gasteiger charge is 2.12. The topological polar surface area (TPSA) is 72.8 Å². The SMILES string of the molecule is Cc1cccc(OCc2nnc(SCc3cc(=O)c4cccc(Cl)c4[nH]3)n2C)c1C. The minimum absolute atomic E-state index is 0.0533. The van der Waals surface area contributed by atoms with E-state index in [0.29, 0.717) is 28.3 Å². The summed E-state index contributed by atoms with van der Waals surface area (Å²) in [7, 11) is 1.91. The van der Waals surface area contributed by atoms with E-state index in [1.54, 1.807) is 24.3 Å². The van der Waals surface area contributed by atoms with Crippen molar-refractivity contribution in [1.82, 2.24) is 19.7 Å². The number of benzene rings is 2. The molecule has 2 heterocycles. The van der Waals surface area contributed by atoms with Gasteiger partial charge in [0.15, 0.2) is 16.4 Å². The molecular formula is C22H21ClN4O2S. The van der Waals surface area contributed by atoms with Crippen molar-refractivity contribution < 1.29 is 4.74 Å². The van der Waals surface area contributed by atoms with Gasteiger partial charge in [-0.3, -0.25) is 4.79 Å². The molecule has 2 aromatic heterocycles. The Bertz CT molecular complexity index is 1280. The molecule has 0 saturated carbocycles. The Kier molecular flexibility index (Phi) is 5.83. The largest absolute Gasteiger partial charge is 0.485 e. The maximum Gasteiger partial charge on any atom is 0.191 e. The van der Waals surface area contributed by atoms with Crippen molar-refractivity contribution in [3.63, 3.8) is 0 Å². The lowest BCUT2D eigenvalue weighted by Gasteiger charge is -2.10. The Morgan fingerprint density at radius 2 is 1.97 bits per heavy atom. The fraction of sp³-hybridized carbons (Fsp3) is 0.227. The molecule has 0 spiro atoms. The van der Waals surface area contributed by atoms with Gasteiger partial charge < -0.3 is 14.3 Å². The Morgan fingerprint density at radius 3 is 2.80 bits per heavy atom. The van der Waals surface area contributed by atoms with E-state index in [4.69, 9.17) is 16.3 Å². The van der Waals surface area contributed by atoms with Crippen LogP contribution in [0.25, 0.3) is 10.9 Å². The second-order valence-corrected chi connectivity index (χ2v) is 8.40. The summed E-state index contributed by atoms with van der Waals surface area (Å²) in [5.74, 6) is 2.12. The molecule has 1 N–H and O–H groups in total. The van der Waals surface area contributed by atoms with Crippen LogP contribution in [-0.4, -0.2) is 19.7 Å². The monoisotopic (exact) mass is 440 g/mol. The summed E-state index contributed by atoms with van der Waals surface area (Å²) in [6.45, 7) is 4.43. The van der Waals surface area contributed by atoms with Gasteiger partial charge in [0.1, 0.15) is 12.4 Å². The van der Waals surface area contributed by atoms with Crippen molar-refractivity contribution in [2.75, 3.05) is 0 Å². The van der Waals surface area contributed by atoms with E-state index < -0.39 is 0 Å². The lowest BCUT2D eigenvalue weighted by atomic mass is 10.1. The predicted octanol–water partition coefficient (Wildman–Crippen LogP) is 4.80. The number of thioether (sulfide) groups is 1. The zero-order valence-corrected chi connectivity index (χ0v) is 18.5. The molecule has 6 nitrogen and oxygen atoms in total. The van der Waals surface area contributed by atoms with E-state index >= 15 is 0 Å². The number of nitrogens with zero attached hydrogens (tertiary/aromatic N) is 3. The van der Waals surface area contributed by atoms with Crippen LogP contribution in [0.3, 0.4) is 0 Å². The van der Waals surface area contributed by atoms with Crippen LogP contribution in [-0.2, 0) is 19.4 Å². The summed E-state index contributed by atoms with van der Waals surface area (Å²) >= 11 is 7.73. The number of nitrogens with one attached hydrogen (secondary N) is 1. The number of fused-ring (bicyclic) bond motifs is 1. The molecule has 0 aliphatic heterocycles. The lowest BCUT2D eigenvalue weighted by molar-refractivity contribution is 0.288. The van der Waals surface area contributed by atoms with Gasteiger partial charge in [-0.15, -0.1) is 10.2 Å². The van der Waals surface area contributed by atoms with Gasteiger partial charge in [0, 0.05) is 29.9 Å². The summed E-state index contributed by atoms with van der Waals surface area (Å²) < 4.78 is 7.85. The molecule has 2 aromatic carbocycles. The first-order chi connectivity index (χ1) is 14.4. The number of aryl methyl sites for hydroxylation is 1. The van der Waals surface area contributed by atoms with Gasteiger partial charge in [0.2, 0.25) is 0 Å². The number of pyridine rings is 1. The number of aromatic nitrogens is 4. The smallest absolute Gasteiger partial charge is 0.191 e. The van der Waals surface area contributed by atoms with E-state index in [2.05, 4.69) is 28.2 Å². The molecule has 8 heteroatoms. The Balaban J connectivity index is 1.47. The first-order valence-corrected chi connectivity index (χ1v) is 10.8. The number of hydrogen-bond donors (Lipinski definition) is 1. The van der Waals surface area contributed by atoms with E-state index in [-0.39, 0.29) is 5.43 Å². The van der Waals surface area contributed by atoms with Crippen LogP contribution in [0, 0.1) is 13.8 Å². The van der Waals surface area contributed by atoms with E-state index in [0.717, 1.165) is 28.0 Å². The molecule has 154 valence electrons. The fourth-order valence-electron chi connectivity index (χ4n) is 3.13. The minimum atomic E-state index is -0.0533. The van der Waals surface area contributed by atoms with Gasteiger partial charge in [0.25, 0.3) is 0 Å². The zero-order chi connectivity index (χ0) is 21.3. The maximum atomic E-state index is 12.4. The van der Waals surface area contributed by atoms with E-state index in [1.807, 2.05) is 30.7 Å². The van der Waals surface area contributed by atoms with Crippen molar-refractivity contribution in [3.05, 3.63) is 80.4 Å². The van der Waals surface area contributed by atoms with Crippen molar-refractivity contribution in [2.24, 2.45) is 7.05 Å². The summed E-state index contributed by atoms with van der Waals surface area (Å²) in [4.78, 5) is 15.6. The van der Waals surface area contributed by atoms with E-state index in [1.165, 1.54) is 17.3 Å². The normalized spacial score (nSPS) is 11.2. The highest BCUT2D eigenvalue weighted by molar-refractivity contribution is 7.98. The lowest BCUT2D eigenvalue weighted by Crippen LogP contribution is -2.06. The van der Waals surface area contributed by atoms with Crippen LogP contribution in [0.15, 0.2) is 52.4 Å². The third-order valence-corrected chi connectivity index (χ3v) is 6.45. The molecule has 0 amide bonds. The van der Waals surface area contributed by atoms with E-state index in [9.17, 15) is 4.79 Å². The molecule has 0 radical (unpaired) electrons. The maximum absolute atomic E-state index is 12.4. The molecular weight excluding hydrogens is 420 g/mol. The number of rotatable bonds is 6. The summed E-state index contributed by atoms with van der Waals surface area (Å²) in [5, 5.41) is 10.4. The van der Waals surface area contributed by atoms with Crippen molar-refractivity contribution in [3.8, 4) is 5.75 Å². The highest BCUT2D eigenvalue weighted by atomic mass is 35.5. The number of ether oxygens (including phenoxy) is 1. The zero-order valence-electron chi connectivity index (χ0n) is 16.9. The molecule has 0 aliphatic carbocycles. The first-order valence-electron chi connectivity index (χ1n) is 9.44. The molecule has 0 atom stereocenters. The van der Waals surface area contributed by atoms with Crippen LogP contribution >= 0.6 is 23.4 Å². The average molecular weight is 441 g/mol. The number of hydrogen-bond acceptors (Lipinski definition) is 5. The third kappa shape index (κ3) is 4.08. The molecule has 0 unspecified atom stereocenters. The standard InChI is InChI=1S/C22H21ClN4O2S/c1-13-6-4-9-19(14(13)2)29-11-20-25-26-22(27(20)3)30-12-15-10-18(28)16-7-5-8-17(23)21(16)24-15/h4-10H,11-12H2,1-3H3,(H,24,28). The van der Waals surface area contributed by atoms with Gasteiger partial charge in [0.05, 0.1) is 10.5 Å². The second-order valence-electron chi connectivity index (χ2n) is 7.05. The summed E-state index contributed by atoms with van der Waals surface area (Å²) in [6, 6.07) is 12.9. The van der Waals surface area contributed by atoms with Crippen molar-refractivity contribution in [1.29, 1.82) is 0 Å². The predicted molar refractivity (Wildman–Crippen MR) is 120 cm³/mol. The number of halogens is 1. The van der Waals surface area contributed by atoms with Crippen LogP contribution in [0.5, 0.6) is 5.75 Å². The number of para-hydroxylation sites is 1. The Hall–Kier alpha value is -2.77. The molecule has 0 fully saturated rings. The highest BCUT2D eigenvalue weighted by Crippen LogP contribution is 2.25. The van der Waals surface area contributed by atoms with Crippen molar-refractivity contribution >= 4 is 34.3 Å². The van der Waals surface area contributed by atoms with Crippen LogP contribution in [0.4, 0.5) is 0 Å². The molecule has 4 aromatic rings. The van der Waals surface area contributed by atoms with Crippen LogP contribution < -0.4 is 10.2 Å². The molecule has 0 saturated heterocycles. The van der Waals surface area contributed by atoms with Crippen molar-refractivity contribution in [2.45, 2.75) is 31.4 Å². The molecule has 30 heavy (non-hydrogen) atoms. The molecule has 0 aliphatic rings. The van der Waals surface area contributed by atoms with Gasteiger partial charge in [-0.2, -0.15) is 0 Å².